The van der Waals surface area contributed by atoms with E-state index < -0.39 is 12.1 Å². The number of aliphatic carboxylic acids is 1. The number of ether oxygens (including phenoxy) is 1. The average Bonchev–Trinajstić information content (AvgIpc) is 2.98. The summed E-state index contributed by atoms with van der Waals surface area (Å²) in [5.41, 5.74) is 1.51. The van der Waals surface area contributed by atoms with E-state index >= 15 is 0 Å². The van der Waals surface area contributed by atoms with Crippen LogP contribution in [0, 0.1) is 0 Å². The summed E-state index contributed by atoms with van der Waals surface area (Å²) in [6.45, 7) is 1.45. The minimum absolute atomic E-state index is 0.112. The molecule has 2 aromatic rings. The van der Waals surface area contributed by atoms with Gasteiger partial charge in [-0.3, -0.25) is 4.79 Å². The molecule has 0 spiro atoms. The van der Waals surface area contributed by atoms with Gasteiger partial charge in [0.15, 0.2) is 11.9 Å². The molecule has 2 rings (SSSR count). The van der Waals surface area contributed by atoms with E-state index in [1.165, 1.54) is 13.0 Å². The van der Waals surface area contributed by atoms with Crippen molar-refractivity contribution in [2.75, 3.05) is 0 Å². The third-order valence-corrected chi connectivity index (χ3v) is 3.47. The maximum absolute atomic E-state index is 12.0. The van der Waals surface area contributed by atoms with E-state index in [0.29, 0.717) is 11.3 Å². The fourth-order valence-electron chi connectivity index (χ4n) is 1.59. The molecule has 4 nitrogen and oxygen atoms in total. The van der Waals surface area contributed by atoms with Crippen LogP contribution < -0.4 is 4.74 Å². The molecule has 5 heteroatoms. The van der Waals surface area contributed by atoms with Crippen LogP contribution in [0.2, 0.25) is 0 Å². The highest BCUT2D eigenvalue weighted by molar-refractivity contribution is 7.08. The molecule has 108 valence electrons. The third kappa shape index (κ3) is 4.29. The second-order valence-corrected chi connectivity index (χ2v) is 5.16. The normalized spacial score (nSPS) is 12.2. The number of ketones is 1. The largest absolute Gasteiger partial charge is 0.479 e. The zero-order chi connectivity index (χ0) is 15.2. The Bertz CT molecular complexity index is 641. The first kappa shape index (κ1) is 15.0. The van der Waals surface area contributed by atoms with Gasteiger partial charge < -0.3 is 9.84 Å². The van der Waals surface area contributed by atoms with E-state index in [1.807, 2.05) is 16.8 Å². The predicted octanol–water partition coefficient (Wildman–Crippen LogP) is 3.50. The monoisotopic (exact) mass is 302 g/mol. The smallest absolute Gasteiger partial charge is 0.344 e. The number of carbonyl (C=O) groups excluding carboxylic acids is 1. The maximum atomic E-state index is 12.0. The number of allylic oxidation sites excluding steroid dienone is 1. The Hall–Kier alpha value is -2.40. The highest BCUT2D eigenvalue weighted by Crippen LogP contribution is 2.15. The highest BCUT2D eigenvalue weighted by Gasteiger charge is 2.12. The molecule has 1 atom stereocenters. The van der Waals surface area contributed by atoms with Crippen molar-refractivity contribution in [1.82, 2.24) is 0 Å². The molecule has 21 heavy (non-hydrogen) atoms. The zero-order valence-electron chi connectivity index (χ0n) is 11.4. The standard InChI is InChI=1S/C16H14O4S/c1-11(16(18)19)20-14-5-3-13(4-6-14)15(17)7-2-12-8-9-21-10-12/h2-11H,1H3,(H,18,19). The molecule has 0 bridgehead atoms. The number of carboxylic acids is 1. The van der Waals surface area contributed by atoms with Crippen molar-refractivity contribution < 1.29 is 19.4 Å². The summed E-state index contributed by atoms with van der Waals surface area (Å²) in [6, 6.07) is 8.34. The van der Waals surface area contributed by atoms with Gasteiger partial charge in [0, 0.05) is 5.56 Å². The molecule has 1 aromatic heterocycles. The van der Waals surface area contributed by atoms with Gasteiger partial charge in [0.1, 0.15) is 5.75 Å². The lowest BCUT2D eigenvalue weighted by Gasteiger charge is -2.10. The van der Waals surface area contributed by atoms with Crippen LogP contribution in [0.4, 0.5) is 0 Å². The fraction of sp³-hybridized carbons (Fsp3) is 0.125. The van der Waals surface area contributed by atoms with Gasteiger partial charge in [-0.2, -0.15) is 11.3 Å². The van der Waals surface area contributed by atoms with Crippen molar-refractivity contribution in [2.24, 2.45) is 0 Å². The first-order valence-corrected chi connectivity index (χ1v) is 7.24. The number of carbonyl (C=O) groups is 2. The number of thiophene rings is 1. The SMILES string of the molecule is CC(Oc1ccc(C(=O)C=Cc2ccsc2)cc1)C(=O)O. The number of benzene rings is 1. The van der Waals surface area contributed by atoms with Crippen LogP contribution in [-0.2, 0) is 4.79 Å². The van der Waals surface area contributed by atoms with Crippen molar-refractivity contribution in [3.8, 4) is 5.75 Å². The molecule has 0 radical (unpaired) electrons. The Morgan fingerprint density at radius 2 is 1.95 bits per heavy atom. The van der Waals surface area contributed by atoms with Crippen molar-refractivity contribution in [3.63, 3.8) is 0 Å². The van der Waals surface area contributed by atoms with Gasteiger partial charge in [0.2, 0.25) is 0 Å². The number of hydrogen-bond donors (Lipinski definition) is 1. The van der Waals surface area contributed by atoms with Gasteiger partial charge in [-0.15, -0.1) is 0 Å². The maximum Gasteiger partial charge on any atom is 0.344 e. The molecule has 0 amide bonds. The van der Waals surface area contributed by atoms with Gasteiger partial charge in [-0.25, -0.2) is 4.79 Å². The minimum atomic E-state index is -1.03. The van der Waals surface area contributed by atoms with E-state index in [1.54, 1.807) is 41.7 Å². The highest BCUT2D eigenvalue weighted by atomic mass is 32.1. The summed E-state index contributed by atoms with van der Waals surface area (Å²) >= 11 is 1.57. The van der Waals surface area contributed by atoms with E-state index in [9.17, 15) is 9.59 Å². The Balaban J connectivity index is 2.01. The molecule has 0 saturated heterocycles. The summed E-state index contributed by atoms with van der Waals surface area (Å²) < 4.78 is 5.20. The predicted molar refractivity (Wildman–Crippen MR) is 81.9 cm³/mol. The van der Waals surface area contributed by atoms with Crippen LogP contribution in [0.5, 0.6) is 5.75 Å². The van der Waals surface area contributed by atoms with Crippen LogP contribution >= 0.6 is 11.3 Å². The first-order chi connectivity index (χ1) is 10.1. The molecule has 0 saturated carbocycles. The lowest BCUT2D eigenvalue weighted by molar-refractivity contribution is -0.144. The van der Waals surface area contributed by atoms with Gasteiger partial charge >= 0.3 is 5.97 Å². The number of rotatable bonds is 6. The van der Waals surface area contributed by atoms with Crippen LogP contribution in [0.1, 0.15) is 22.8 Å². The average molecular weight is 302 g/mol. The molecule has 0 aliphatic carbocycles. The second-order valence-electron chi connectivity index (χ2n) is 4.38. The Morgan fingerprint density at radius 3 is 2.52 bits per heavy atom. The van der Waals surface area contributed by atoms with Crippen LogP contribution in [0.15, 0.2) is 47.2 Å². The van der Waals surface area contributed by atoms with Crippen molar-refractivity contribution in [1.29, 1.82) is 0 Å². The van der Waals surface area contributed by atoms with Crippen LogP contribution in [0.3, 0.4) is 0 Å². The lowest BCUT2D eigenvalue weighted by Crippen LogP contribution is -2.22. The molecule has 0 aliphatic rings. The molecule has 1 unspecified atom stereocenters. The summed E-state index contributed by atoms with van der Waals surface area (Å²) in [5.74, 6) is -0.726. The van der Waals surface area contributed by atoms with E-state index in [4.69, 9.17) is 9.84 Å². The number of carboxylic acid groups (broad SMARTS) is 1. The first-order valence-electron chi connectivity index (χ1n) is 6.30. The molecule has 1 heterocycles. The fourth-order valence-corrected chi connectivity index (χ4v) is 2.22. The Kier molecular flexibility index (Phi) is 4.90. The van der Waals surface area contributed by atoms with E-state index in [-0.39, 0.29) is 5.78 Å². The molecule has 1 N–H and O–H groups in total. The van der Waals surface area contributed by atoms with Crippen LogP contribution in [-0.4, -0.2) is 23.0 Å². The second kappa shape index (κ2) is 6.85. The Labute approximate surface area is 126 Å². The Morgan fingerprint density at radius 1 is 1.24 bits per heavy atom. The molecule has 1 aromatic carbocycles. The zero-order valence-corrected chi connectivity index (χ0v) is 12.2. The summed E-state index contributed by atoms with van der Waals surface area (Å²) in [4.78, 5) is 22.7. The lowest BCUT2D eigenvalue weighted by atomic mass is 10.1. The van der Waals surface area contributed by atoms with Crippen molar-refractivity contribution in [2.45, 2.75) is 13.0 Å². The van der Waals surface area contributed by atoms with Gasteiger partial charge in [-0.05, 0) is 59.7 Å². The van der Waals surface area contributed by atoms with Crippen LogP contribution in [0.25, 0.3) is 6.08 Å². The third-order valence-electron chi connectivity index (χ3n) is 2.77. The van der Waals surface area contributed by atoms with Gasteiger partial charge in [-0.1, -0.05) is 6.08 Å². The summed E-state index contributed by atoms with van der Waals surface area (Å²) in [5, 5.41) is 12.7. The molecule has 0 aliphatic heterocycles. The van der Waals surface area contributed by atoms with Crippen molar-refractivity contribution >= 4 is 29.2 Å². The molecular formula is C16H14O4S. The number of hydrogen-bond acceptors (Lipinski definition) is 4. The van der Waals surface area contributed by atoms with Crippen molar-refractivity contribution in [3.05, 3.63) is 58.3 Å². The quantitative estimate of drug-likeness (QED) is 0.655. The summed E-state index contributed by atoms with van der Waals surface area (Å²) in [7, 11) is 0. The van der Waals surface area contributed by atoms with E-state index in [0.717, 1.165) is 5.56 Å². The van der Waals surface area contributed by atoms with Gasteiger partial charge in [0.25, 0.3) is 0 Å². The van der Waals surface area contributed by atoms with Gasteiger partial charge in [0.05, 0.1) is 0 Å². The van der Waals surface area contributed by atoms with E-state index in [2.05, 4.69) is 0 Å². The summed E-state index contributed by atoms with van der Waals surface area (Å²) in [6.07, 6.45) is 2.35. The molecular weight excluding hydrogens is 288 g/mol. The molecule has 0 fully saturated rings. The minimum Gasteiger partial charge on any atom is -0.479 e. The topological polar surface area (TPSA) is 63.6 Å².